The molecule has 0 spiro atoms. The minimum Gasteiger partial charge on any atom is -0.330 e. The normalized spacial score (nSPS) is 17.6. The minimum atomic E-state index is 0.346. The number of hydrogen-bond donors (Lipinski definition) is 1. The smallest absolute Gasteiger partial charge is 0.159 e. The standard InChI is InChI=1S/C13H18N4/c1-8(6-14)10-5-11-13(15-7-10)17(2)12(16-11)9-3-4-9/h5,7-9H,3-4,6,14H2,1-2H3. The highest BCUT2D eigenvalue weighted by atomic mass is 15.1. The van der Waals surface area contributed by atoms with E-state index in [1.54, 1.807) is 0 Å². The first-order valence-corrected chi connectivity index (χ1v) is 6.23. The number of aryl methyl sites for hydroxylation is 1. The lowest BCUT2D eigenvalue weighted by Gasteiger charge is -2.07. The van der Waals surface area contributed by atoms with Gasteiger partial charge in [0, 0.05) is 19.2 Å². The summed E-state index contributed by atoms with van der Waals surface area (Å²) in [4.78, 5) is 9.24. The predicted molar refractivity (Wildman–Crippen MR) is 68.0 cm³/mol. The zero-order valence-electron chi connectivity index (χ0n) is 10.3. The Morgan fingerprint density at radius 3 is 2.94 bits per heavy atom. The first kappa shape index (κ1) is 10.7. The minimum absolute atomic E-state index is 0.346. The van der Waals surface area contributed by atoms with Crippen molar-refractivity contribution in [2.75, 3.05) is 6.54 Å². The van der Waals surface area contributed by atoms with Crippen molar-refractivity contribution < 1.29 is 0 Å². The molecule has 0 radical (unpaired) electrons. The van der Waals surface area contributed by atoms with Crippen LogP contribution in [0.4, 0.5) is 0 Å². The van der Waals surface area contributed by atoms with Crippen LogP contribution in [0.2, 0.25) is 0 Å². The van der Waals surface area contributed by atoms with Gasteiger partial charge >= 0.3 is 0 Å². The lowest BCUT2D eigenvalue weighted by atomic mass is 10.0. The highest BCUT2D eigenvalue weighted by Gasteiger charge is 2.28. The number of pyridine rings is 1. The lowest BCUT2D eigenvalue weighted by molar-refractivity contribution is 0.770. The van der Waals surface area contributed by atoms with Crippen LogP contribution in [0, 0.1) is 0 Å². The van der Waals surface area contributed by atoms with E-state index in [0.29, 0.717) is 18.4 Å². The van der Waals surface area contributed by atoms with Gasteiger partial charge in [-0.15, -0.1) is 0 Å². The number of hydrogen-bond acceptors (Lipinski definition) is 3. The van der Waals surface area contributed by atoms with Crippen LogP contribution in [0.3, 0.4) is 0 Å². The second-order valence-electron chi connectivity index (χ2n) is 5.05. The molecular weight excluding hydrogens is 212 g/mol. The molecule has 2 N–H and O–H groups in total. The van der Waals surface area contributed by atoms with Crippen molar-refractivity contribution in [3.8, 4) is 0 Å². The molecule has 2 aromatic rings. The summed E-state index contributed by atoms with van der Waals surface area (Å²) in [7, 11) is 2.06. The number of rotatable bonds is 3. The molecule has 0 saturated heterocycles. The monoisotopic (exact) mass is 230 g/mol. The van der Waals surface area contributed by atoms with Gasteiger partial charge < -0.3 is 10.3 Å². The maximum Gasteiger partial charge on any atom is 0.159 e. The molecule has 4 heteroatoms. The second kappa shape index (κ2) is 3.81. The summed E-state index contributed by atoms with van der Waals surface area (Å²) < 4.78 is 2.13. The van der Waals surface area contributed by atoms with Crippen LogP contribution in [0.5, 0.6) is 0 Å². The fourth-order valence-electron chi connectivity index (χ4n) is 2.22. The number of nitrogens with zero attached hydrogens (tertiary/aromatic N) is 3. The Bertz CT molecular complexity index is 554. The summed E-state index contributed by atoms with van der Waals surface area (Å²) in [6, 6.07) is 2.13. The summed E-state index contributed by atoms with van der Waals surface area (Å²) in [5.41, 5.74) is 8.86. The number of nitrogens with two attached hydrogens (primary N) is 1. The van der Waals surface area contributed by atoms with Crippen molar-refractivity contribution in [1.29, 1.82) is 0 Å². The van der Waals surface area contributed by atoms with Gasteiger partial charge in [-0.1, -0.05) is 6.92 Å². The Hall–Kier alpha value is -1.42. The van der Waals surface area contributed by atoms with Crippen LogP contribution < -0.4 is 5.73 Å². The van der Waals surface area contributed by atoms with Gasteiger partial charge in [0.2, 0.25) is 0 Å². The first-order valence-electron chi connectivity index (χ1n) is 6.23. The van der Waals surface area contributed by atoms with Crippen LogP contribution in [0.25, 0.3) is 11.2 Å². The van der Waals surface area contributed by atoms with Gasteiger partial charge in [-0.05, 0) is 36.9 Å². The van der Waals surface area contributed by atoms with Crippen LogP contribution in [0.15, 0.2) is 12.3 Å². The molecule has 1 unspecified atom stereocenters. The number of fused-ring (bicyclic) bond motifs is 1. The third-order valence-electron chi connectivity index (χ3n) is 3.63. The van der Waals surface area contributed by atoms with Crippen LogP contribution >= 0.6 is 0 Å². The summed E-state index contributed by atoms with van der Waals surface area (Å²) in [5, 5.41) is 0. The van der Waals surface area contributed by atoms with Gasteiger partial charge in [-0.25, -0.2) is 9.97 Å². The maximum atomic E-state index is 5.69. The lowest BCUT2D eigenvalue weighted by Crippen LogP contribution is -2.09. The van der Waals surface area contributed by atoms with Crippen LogP contribution in [0.1, 0.15) is 43.0 Å². The Morgan fingerprint density at radius 1 is 1.53 bits per heavy atom. The van der Waals surface area contributed by atoms with Gasteiger partial charge in [0.1, 0.15) is 11.3 Å². The third-order valence-corrected chi connectivity index (χ3v) is 3.63. The fourth-order valence-corrected chi connectivity index (χ4v) is 2.22. The molecule has 1 saturated carbocycles. The molecule has 0 amide bonds. The van der Waals surface area contributed by atoms with Crippen molar-refractivity contribution in [2.24, 2.45) is 12.8 Å². The van der Waals surface area contributed by atoms with Crippen molar-refractivity contribution in [3.05, 3.63) is 23.7 Å². The van der Waals surface area contributed by atoms with Gasteiger partial charge in [-0.3, -0.25) is 0 Å². The van der Waals surface area contributed by atoms with Crippen molar-refractivity contribution in [3.63, 3.8) is 0 Å². The Kier molecular flexibility index (Phi) is 2.40. The molecule has 0 bridgehead atoms. The average molecular weight is 230 g/mol. The van der Waals surface area contributed by atoms with E-state index in [1.165, 1.54) is 24.2 Å². The van der Waals surface area contributed by atoms with Crippen molar-refractivity contribution in [2.45, 2.75) is 31.6 Å². The average Bonchev–Trinajstić information content (AvgIpc) is 3.14. The molecule has 1 fully saturated rings. The number of imidazole rings is 1. The van der Waals surface area contributed by atoms with E-state index in [9.17, 15) is 0 Å². The van der Waals surface area contributed by atoms with Gasteiger partial charge in [0.05, 0.1) is 0 Å². The van der Waals surface area contributed by atoms with E-state index >= 15 is 0 Å². The first-order chi connectivity index (χ1) is 8.20. The maximum absolute atomic E-state index is 5.69. The molecular formula is C13H18N4. The van der Waals surface area contributed by atoms with E-state index in [4.69, 9.17) is 10.7 Å². The number of aromatic nitrogens is 3. The molecule has 0 aliphatic heterocycles. The fraction of sp³-hybridized carbons (Fsp3) is 0.538. The molecule has 2 heterocycles. The Balaban J connectivity index is 2.10. The summed E-state index contributed by atoms with van der Waals surface area (Å²) >= 11 is 0. The van der Waals surface area contributed by atoms with Crippen molar-refractivity contribution in [1.82, 2.24) is 14.5 Å². The molecule has 1 aliphatic rings. The van der Waals surface area contributed by atoms with Gasteiger partial charge in [0.25, 0.3) is 0 Å². The second-order valence-corrected chi connectivity index (χ2v) is 5.05. The van der Waals surface area contributed by atoms with Crippen LogP contribution in [-0.4, -0.2) is 21.1 Å². The molecule has 1 atom stereocenters. The Labute approximate surface area is 101 Å². The molecule has 17 heavy (non-hydrogen) atoms. The topological polar surface area (TPSA) is 56.7 Å². The van der Waals surface area contributed by atoms with E-state index in [2.05, 4.69) is 29.6 Å². The van der Waals surface area contributed by atoms with Gasteiger partial charge in [0.15, 0.2) is 5.65 Å². The highest BCUT2D eigenvalue weighted by molar-refractivity contribution is 5.72. The van der Waals surface area contributed by atoms with E-state index < -0.39 is 0 Å². The van der Waals surface area contributed by atoms with E-state index in [1.807, 2.05) is 6.20 Å². The molecule has 1 aliphatic carbocycles. The van der Waals surface area contributed by atoms with Crippen LogP contribution in [-0.2, 0) is 7.05 Å². The molecule has 0 aromatic carbocycles. The Morgan fingerprint density at radius 2 is 2.29 bits per heavy atom. The zero-order chi connectivity index (χ0) is 12.0. The molecule has 2 aromatic heterocycles. The molecule has 3 rings (SSSR count). The largest absolute Gasteiger partial charge is 0.330 e. The van der Waals surface area contributed by atoms with Gasteiger partial charge in [-0.2, -0.15) is 0 Å². The summed E-state index contributed by atoms with van der Waals surface area (Å²) in [6.07, 6.45) is 4.46. The molecule has 4 nitrogen and oxygen atoms in total. The quantitative estimate of drug-likeness (QED) is 0.876. The van der Waals surface area contributed by atoms with E-state index in [-0.39, 0.29) is 0 Å². The molecule has 90 valence electrons. The SMILES string of the molecule is CC(CN)c1cnc2c(c1)nc(C1CC1)n2C. The summed E-state index contributed by atoms with van der Waals surface area (Å²) in [5.74, 6) is 2.19. The third kappa shape index (κ3) is 1.72. The predicted octanol–water partition coefficient (Wildman–Crippen LogP) is 1.91. The summed E-state index contributed by atoms with van der Waals surface area (Å²) in [6.45, 7) is 2.77. The highest BCUT2D eigenvalue weighted by Crippen LogP contribution is 2.40. The van der Waals surface area contributed by atoms with Crippen molar-refractivity contribution >= 4 is 11.2 Å². The van der Waals surface area contributed by atoms with E-state index in [0.717, 1.165) is 11.2 Å². The zero-order valence-corrected chi connectivity index (χ0v) is 10.3.